The summed E-state index contributed by atoms with van der Waals surface area (Å²) >= 11 is 0. The van der Waals surface area contributed by atoms with Gasteiger partial charge in [0.05, 0.1) is 0 Å². The van der Waals surface area contributed by atoms with Crippen LogP contribution in [0.4, 0.5) is 0 Å². The predicted molar refractivity (Wildman–Crippen MR) is 44.7 cm³/mol. The van der Waals surface area contributed by atoms with E-state index in [-0.39, 0.29) is 11.1 Å². The molecule has 0 unspecified atom stereocenters. The number of hydroxylamine groups is 2. The van der Waals surface area contributed by atoms with Crippen molar-refractivity contribution in [3.05, 3.63) is 0 Å². The second-order valence-electron chi connectivity index (χ2n) is 4.72. The van der Waals surface area contributed by atoms with Crippen LogP contribution < -0.4 is 5.32 Å². The normalized spacial score (nSPS) is 30.3. The van der Waals surface area contributed by atoms with Gasteiger partial charge in [0.1, 0.15) is 0 Å². The summed E-state index contributed by atoms with van der Waals surface area (Å²) in [5.74, 6) is 0. The van der Waals surface area contributed by atoms with Gasteiger partial charge in [-0.3, -0.25) is 0 Å². The molecule has 0 aromatic carbocycles. The quantitative estimate of drug-likeness (QED) is 0.548. The zero-order valence-electron chi connectivity index (χ0n) is 7.81. The molecule has 66 valence electrons. The maximum absolute atomic E-state index is 9.37. The molecule has 0 radical (unpaired) electrons. The van der Waals surface area contributed by atoms with Gasteiger partial charge in [0.2, 0.25) is 0 Å². The lowest BCUT2D eigenvalue weighted by molar-refractivity contribution is -0.143. The monoisotopic (exact) mass is 158 g/mol. The summed E-state index contributed by atoms with van der Waals surface area (Å²) in [4.78, 5) is 0. The second kappa shape index (κ2) is 2.44. The summed E-state index contributed by atoms with van der Waals surface area (Å²) in [5, 5.41) is 14.2. The average molecular weight is 158 g/mol. The summed E-state index contributed by atoms with van der Waals surface area (Å²) in [6.07, 6.45) is 0. The lowest BCUT2D eigenvalue weighted by Gasteiger charge is -2.45. The topological polar surface area (TPSA) is 35.5 Å². The number of piperazine rings is 1. The Balaban J connectivity index is 2.66. The van der Waals surface area contributed by atoms with E-state index in [0.29, 0.717) is 13.1 Å². The molecule has 0 saturated carbocycles. The van der Waals surface area contributed by atoms with Crippen LogP contribution >= 0.6 is 0 Å². The van der Waals surface area contributed by atoms with Crippen molar-refractivity contribution in [2.75, 3.05) is 13.1 Å². The fourth-order valence-electron chi connectivity index (χ4n) is 1.96. The Morgan fingerprint density at radius 2 is 1.45 bits per heavy atom. The van der Waals surface area contributed by atoms with Crippen LogP contribution in [0.25, 0.3) is 0 Å². The van der Waals surface area contributed by atoms with E-state index < -0.39 is 0 Å². The summed E-state index contributed by atoms with van der Waals surface area (Å²) < 4.78 is 0. The minimum atomic E-state index is 0.0104. The van der Waals surface area contributed by atoms with Gasteiger partial charge in [-0.25, -0.2) is 0 Å². The fourth-order valence-corrected chi connectivity index (χ4v) is 1.96. The van der Waals surface area contributed by atoms with Crippen molar-refractivity contribution in [2.45, 2.75) is 38.8 Å². The third-order valence-electron chi connectivity index (χ3n) is 1.83. The zero-order chi connectivity index (χ0) is 8.70. The highest BCUT2D eigenvalue weighted by atomic mass is 16.5. The summed E-state index contributed by atoms with van der Waals surface area (Å²) in [7, 11) is 0. The first kappa shape index (κ1) is 8.97. The molecule has 3 heteroatoms. The summed E-state index contributed by atoms with van der Waals surface area (Å²) in [5.41, 5.74) is 0.0208. The highest BCUT2D eigenvalue weighted by Crippen LogP contribution is 2.18. The molecule has 1 fully saturated rings. The molecular weight excluding hydrogens is 140 g/mol. The van der Waals surface area contributed by atoms with Crippen molar-refractivity contribution in [2.24, 2.45) is 0 Å². The largest absolute Gasteiger partial charge is 0.314 e. The number of nitrogens with zero attached hydrogens (tertiary/aromatic N) is 1. The lowest BCUT2D eigenvalue weighted by Crippen LogP contribution is -2.65. The van der Waals surface area contributed by atoms with Crippen molar-refractivity contribution in [1.29, 1.82) is 0 Å². The maximum atomic E-state index is 9.37. The smallest absolute Gasteiger partial charge is 0.0416 e. The number of hydrogen-bond donors (Lipinski definition) is 2. The third-order valence-corrected chi connectivity index (χ3v) is 1.83. The van der Waals surface area contributed by atoms with Gasteiger partial charge in [0, 0.05) is 24.2 Å². The minimum absolute atomic E-state index is 0.0104. The molecule has 1 saturated heterocycles. The van der Waals surface area contributed by atoms with Gasteiger partial charge < -0.3 is 10.5 Å². The second-order valence-corrected chi connectivity index (χ2v) is 4.72. The van der Waals surface area contributed by atoms with Crippen molar-refractivity contribution < 1.29 is 5.21 Å². The van der Waals surface area contributed by atoms with E-state index in [0.717, 1.165) is 0 Å². The van der Waals surface area contributed by atoms with E-state index in [1.165, 1.54) is 5.06 Å². The number of hydrogen-bond acceptors (Lipinski definition) is 3. The van der Waals surface area contributed by atoms with Crippen LogP contribution in [0.3, 0.4) is 0 Å². The average Bonchev–Trinajstić information content (AvgIpc) is 1.49. The van der Waals surface area contributed by atoms with Crippen LogP contribution in [0.1, 0.15) is 27.7 Å². The molecule has 0 aromatic rings. The summed E-state index contributed by atoms with van der Waals surface area (Å²) in [6.45, 7) is 9.76. The van der Waals surface area contributed by atoms with E-state index in [1.807, 2.05) is 0 Å². The molecule has 0 aliphatic carbocycles. The van der Waals surface area contributed by atoms with Crippen molar-refractivity contribution in [1.82, 2.24) is 10.4 Å². The molecule has 0 spiro atoms. The fraction of sp³-hybridized carbons (Fsp3) is 1.00. The van der Waals surface area contributed by atoms with Gasteiger partial charge in [0.25, 0.3) is 0 Å². The number of nitrogens with one attached hydrogen (secondary N) is 1. The van der Waals surface area contributed by atoms with Crippen LogP contribution in [-0.2, 0) is 0 Å². The standard InChI is InChI=1S/C8H18N2O/c1-7(2)5-10(11)6-8(3,4)9-7/h9,11H,5-6H2,1-4H3. The Morgan fingerprint density at radius 1 is 1.09 bits per heavy atom. The van der Waals surface area contributed by atoms with E-state index in [4.69, 9.17) is 0 Å². The summed E-state index contributed by atoms with van der Waals surface area (Å²) in [6, 6.07) is 0. The van der Waals surface area contributed by atoms with Gasteiger partial charge in [-0.15, -0.1) is 0 Å². The van der Waals surface area contributed by atoms with Crippen LogP contribution in [0.5, 0.6) is 0 Å². The van der Waals surface area contributed by atoms with Crippen LogP contribution in [-0.4, -0.2) is 34.4 Å². The zero-order valence-corrected chi connectivity index (χ0v) is 7.81. The van der Waals surface area contributed by atoms with Crippen molar-refractivity contribution in [3.8, 4) is 0 Å². The molecule has 11 heavy (non-hydrogen) atoms. The van der Waals surface area contributed by atoms with E-state index >= 15 is 0 Å². The Morgan fingerprint density at radius 3 is 1.73 bits per heavy atom. The Hall–Kier alpha value is -0.120. The first-order valence-corrected chi connectivity index (χ1v) is 4.04. The van der Waals surface area contributed by atoms with Gasteiger partial charge in [-0.2, -0.15) is 5.06 Å². The maximum Gasteiger partial charge on any atom is 0.0416 e. The Labute approximate surface area is 68.3 Å². The minimum Gasteiger partial charge on any atom is -0.314 e. The Bertz CT molecular complexity index is 138. The van der Waals surface area contributed by atoms with E-state index in [2.05, 4.69) is 33.0 Å². The first-order chi connectivity index (χ1) is 4.81. The van der Waals surface area contributed by atoms with E-state index in [1.54, 1.807) is 0 Å². The molecule has 0 aromatic heterocycles. The van der Waals surface area contributed by atoms with Crippen molar-refractivity contribution in [3.63, 3.8) is 0 Å². The highest BCUT2D eigenvalue weighted by molar-refractivity contribution is 4.95. The third kappa shape index (κ3) is 2.43. The van der Waals surface area contributed by atoms with Crippen molar-refractivity contribution >= 4 is 0 Å². The van der Waals surface area contributed by atoms with Crippen LogP contribution in [0, 0.1) is 0 Å². The molecule has 1 aliphatic heterocycles. The highest BCUT2D eigenvalue weighted by Gasteiger charge is 2.35. The predicted octanol–water partition coefficient (Wildman–Crippen LogP) is 0.838. The molecule has 3 nitrogen and oxygen atoms in total. The molecular formula is C8H18N2O. The van der Waals surface area contributed by atoms with Gasteiger partial charge in [-0.05, 0) is 27.7 Å². The van der Waals surface area contributed by atoms with Crippen LogP contribution in [0.15, 0.2) is 0 Å². The SMILES string of the molecule is CC1(C)CN(O)CC(C)(C)N1. The molecule has 1 rings (SSSR count). The first-order valence-electron chi connectivity index (χ1n) is 4.04. The van der Waals surface area contributed by atoms with E-state index in [9.17, 15) is 5.21 Å². The van der Waals surface area contributed by atoms with Gasteiger partial charge in [0.15, 0.2) is 0 Å². The Kier molecular flexibility index (Phi) is 1.99. The molecule has 2 N–H and O–H groups in total. The van der Waals surface area contributed by atoms with Gasteiger partial charge in [-0.1, -0.05) is 0 Å². The molecule has 1 heterocycles. The number of rotatable bonds is 0. The van der Waals surface area contributed by atoms with Gasteiger partial charge >= 0.3 is 0 Å². The molecule has 1 aliphatic rings. The molecule has 0 atom stereocenters. The molecule has 0 bridgehead atoms. The molecule has 0 amide bonds. The lowest BCUT2D eigenvalue weighted by atomic mass is 9.93. The van der Waals surface area contributed by atoms with Crippen LogP contribution in [0.2, 0.25) is 0 Å².